The molecule has 0 aromatic heterocycles. The maximum absolute atomic E-state index is 5.29. The number of nitrogens with one attached hydrogen (secondary N) is 2. The van der Waals surface area contributed by atoms with E-state index in [1.165, 1.54) is 5.69 Å². The van der Waals surface area contributed by atoms with Crippen molar-refractivity contribution in [1.82, 2.24) is 15.8 Å². The van der Waals surface area contributed by atoms with Gasteiger partial charge in [-0.05, 0) is 24.4 Å². The highest BCUT2D eigenvalue weighted by atomic mass is 32.1. The number of hydrazine groups is 1. The average molecular weight is 312 g/mol. The first kappa shape index (κ1) is 14.4. The van der Waals surface area contributed by atoms with Crippen molar-refractivity contribution in [1.29, 1.82) is 0 Å². The zero-order chi connectivity index (χ0) is 13.7. The molecule has 0 unspecified atom stereocenters. The summed E-state index contributed by atoms with van der Waals surface area (Å²) < 4.78 is 0.380. The van der Waals surface area contributed by atoms with Gasteiger partial charge in [-0.1, -0.05) is 30.4 Å². The largest absolute Gasteiger partial charge is 0.368 e. The van der Waals surface area contributed by atoms with Crippen molar-refractivity contribution in [2.24, 2.45) is 0 Å². The van der Waals surface area contributed by atoms with Gasteiger partial charge in [0.25, 0.3) is 0 Å². The van der Waals surface area contributed by atoms with Crippen molar-refractivity contribution in [2.45, 2.75) is 0 Å². The molecule has 1 saturated heterocycles. The minimum atomic E-state index is 0.380. The van der Waals surface area contributed by atoms with Gasteiger partial charge in [0.15, 0.2) is 5.11 Å². The highest BCUT2D eigenvalue weighted by Gasteiger charge is 2.18. The van der Waals surface area contributed by atoms with E-state index in [0.29, 0.717) is 9.43 Å². The van der Waals surface area contributed by atoms with Crippen LogP contribution in [0.15, 0.2) is 30.3 Å². The summed E-state index contributed by atoms with van der Waals surface area (Å²) in [4.78, 5) is 4.48. The van der Waals surface area contributed by atoms with Crippen molar-refractivity contribution in [3.8, 4) is 0 Å². The Morgan fingerprint density at radius 2 is 1.63 bits per heavy atom. The number of nitrogens with zero attached hydrogens (tertiary/aromatic N) is 2. The molecule has 2 N–H and O–H groups in total. The Kier molecular flexibility index (Phi) is 5.24. The molecule has 0 saturated carbocycles. The monoisotopic (exact) mass is 312 g/mol. The fourth-order valence-corrected chi connectivity index (χ4v) is 2.33. The van der Waals surface area contributed by atoms with E-state index in [1.54, 1.807) is 0 Å². The first-order valence-corrected chi connectivity index (χ1v) is 7.27. The van der Waals surface area contributed by atoms with Gasteiger partial charge < -0.3 is 9.80 Å². The first-order valence-electron chi connectivity index (χ1n) is 6.00. The van der Waals surface area contributed by atoms with Crippen LogP contribution >= 0.6 is 37.1 Å². The predicted octanol–water partition coefficient (Wildman–Crippen LogP) is 1.40. The van der Waals surface area contributed by atoms with Crippen LogP contribution in [0, 0.1) is 0 Å². The van der Waals surface area contributed by atoms with E-state index in [9.17, 15) is 0 Å². The second kappa shape index (κ2) is 6.93. The second-order valence-electron chi connectivity index (χ2n) is 4.17. The van der Waals surface area contributed by atoms with E-state index in [-0.39, 0.29) is 0 Å². The number of benzene rings is 1. The Morgan fingerprint density at radius 3 is 2.21 bits per heavy atom. The number of hydrogen-bond donors (Lipinski definition) is 3. The summed E-state index contributed by atoms with van der Waals surface area (Å²) in [6, 6.07) is 10.4. The third kappa shape index (κ3) is 4.22. The lowest BCUT2D eigenvalue weighted by Gasteiger charge is -2.37. The molecular formula is C12H16N4S3. The van der Waals surface area contributed by atoms with Gasteiger partial charge in [-0.3, -0.25) is 10.9 Å². The first-order chi connectivity index (χ1) is 9.16. The molecule has 1 aliphatic rings. The molecule has 0 bridgehead atoms. The molecule has 1 heterocycles. The van der Waals surface area contributed by atoms with Crippen LogP contribution in [0.5, 0.6) is 0 Å². The van der Waals surface area contributed by atoms with Crippen molar-refractivity contribution < 1.29 is 0 Å². The predicted molar refractivity (Wildman–Crippen MR) is 90.7 cm³/mol. The molecule has 4 nitrogen and oxygen atoms in total. The van der Waals surface area contributed by atoms with Crippen LogP contribution in [0.4, 0.5) is 5.69 Å². The highest BCUT2D eigenvalue weighted by Crippen LogP contribution is 2.15. The van der Waals surface area contributed by atoms with Gasteiger partial charge >= 0.3 is 0 Å². The summed E-state index contributed by atoms with van der Waals surface area (Å²) in [5, 5.41) is 0.657. The van der Waals surface area contributed by atoms with Crippen LogP contribution in [0.3, 0.4) is 0 Å². The van der Waals surface area contributed by atoms with E-state index in [1.807, 2.05) is 6.07 Å². The summed E-state index contributed by atoms with van der Waals surface area (Å²) in [6.07, 6.45) is 0. The SMILES string of the molecule is S=C(S)NNC(=S)N1CCN(c2ccccc2)CC1. The minimum Gasteiger partial charge on any atom is -0.368 e. The van der Waals surface area contributed by atoms with E-state index < -0.39 is 0 Å². The maximum atomic E-state index is 5.29. The van der Waals surface area contributed by atoms with Gasteiger partial charge in [-0.25, -0.2) is 0 Å². The second-order valence-corrected chi connectivity index (χ2v) is 5.71. The fraction of sp³-hybridized carbons (Fsp3) is 0.333. The average Bonchev–Trinajstić information content (AvgIpc) is 2.46. The van der Waals surface area contributed by atoms with Crippen molar-refractivity contribution in [3.05, 3.63) is 30.3 Å². The quantitative estimate of drug-likeness (QED) is 0.413. The van der Waals surface area contributed by atoms with E-state index >= 15 is 0 Å². The normalized spacial score (nSPS) is 15.0. The molecule has 0 amide bonds. The number of hydrogen-bond acceptors (Lipinski definition) is 3. The number of anilines is 1. The molecule has 19 heavy (non-hydrogen) atoms. The Hall–Kier alpha value is -1.05. The van der Waals surface area contributed by atoms with Gasteiger partial charge in [0.2, 0.25) is 0 Å². The summed E-state index contributed by atoms with van der Waals surface area (Å²) in [7, 11) is 0. The zero-order valence-electron chi connectivity index (χ0n) is 10.4. The molecule has 7 heteroatoms. The van der Waals surface area contributed by atoms with Gasteiger partial charge in [0.1, 0.15) is 4.32 Å². The van der Waals surface area contributed by atoms with Crippen LogP contribution in [0.2, 0.25) is 0 Å². The van der Waals surface area contributed by atoms with Crippen molar-refractivity contribution in [3.63, 3.8) is 0 Å². The lowest BCUT2D eigenvalue weighted by atomic mass is 10.2. The van der Waals surface area contributed by atoms with Crippen LogP contribution in [-0.2, 0) is 0 Å². The highest BCUT2D eigenvalue weighted by molar-refractivity contribution is 8.11. The number of piperazine rings is 1. The number of para-hydroxylation sites is 1. The van der Waals surface area contributed by atoms with Crippen LogP contribution in [0.25, 0.3) is 0 Å². The molecule has 2 rings (SSSR count). The summed E-state index contributed by atoms with van der Waals surface area (Å²) in [5.41, 5.74) is 6.87. The molecule has 0 radical (unpaired) electrons. The van der Waals surface area contributed by atoms with E-state index in [4.69, 9.17) is 24.4 Å². The molecular weight excluding hydrogens is 296 g/mol. The Bertz CT molecular complexity index is 444. The molecule has 102 valence electrons. The third-order valence-electron chi connectivity index (χ3n) is 2.96. The molecule has 0 aliphatic carbocycles. The number of rotatable bonds is 1. The lowest BCUT2D eigenvalue weighted by molar-refractivity contribution is 0.379. The van der Waals surface area contributed by atoms with Crippen LogP contribution in [0.1, 0.15) is 0 Å². The van der Waals surface area contributed by atoms with E-state index in [0.717, 1.165) is 26.2 Å². The summed E-state index contributed by atoms with van der Waals surface area (Å²) in [6.45, 7) is 3.69. The van der Waals surface area contributed by atoms with E-state index in [2.05, 4.69) is 57.5 Å². The Balaban J connectivity index is 1.82. The van der Waals surface area contributed by atoms with Crippen LogP contribution < -0.4 is 15.8 Å². The fourth-order valence-electron chi connectivity index (χ4n) is 1.99. The maximum Gasteiger partial charge on any atom is 0.187 e. The number of thiocarbonyl (C=S) groups is 2. The topological polar surface area (TPSA) is 30.5 Å². The lowest BCUT2D eigenvalue weighted by Crippen LogP contribution is -2.54. The minimum absolute atomic E-state index is 0.380. The number of thiol groups is 1. The standard InChI is InChI=1S/C12H16N4S3/c17-11(13-14-12(18)19)16-8-6-15(7-9-16)10-4-2-1-3-5-10/h1-5H,6-9H2,(H,13,17)(H2,14,18,19). The molecule has 1 aromatic rings. The zero-order valence-corrected chi connectivity index (χ0v) is 12.9. The van der Waals surface area contributed by atoms with Gasteiger partial charge in [0, 0.05) is 31.9 Å². The van der Waals surface area contributed by atoms with Crippen molar-refractivity contribution >= 4 is 52.2 Å². The Labute approximate surface area is 129 Å². The molecule has 0 atom stereocenters. The van der Waals surface area contributed by atoms with Crippen molar-refractivity contribution in [2.75, 3.05) is 31.1 Å². The summed E-state index contributed by atoms with van der Waals surface area (Å²) >= 11 is 14.1. The molecule has 0 spiro atoms. The molecule has 1 aromatic carbocycles. The van der Waals surface area contributed by atoms with Crippen LogP contribution in [-0.4, -0.2) is 40.5 Å². The Morgan fingerprint density at radius 1 is 1.00 bits per heavy atom. The summed E-state index contributed by atoms with van der Waals surface area (Å²) in [5.74, 6) is 0. The smallest absolute Gasteiger partial charge is 0.187 e. The van der Waals surface area contributed by atoms with Gasteiger partial charge in [-0.2, -0.15) is 0 Å². The third-order valence-corrected chi connectivity index (χ3v) is 3.54. The molecule has 1 fully saturated rings. The van der Waals surface area contributed by atoms with Gasteiger partial charge in [-0.15, -0.1) is 12.6 Å². The molecule has 1 aliphatic heterocycles. The van der Waals surface area contributed by atoms with Gasteiger partial charge in [0.05, 0.1) is 0 Å².